The molecule has 0 saturated carbocycles. The van der Waals surface area contributed by atoms with Crippen molar-refractivity contribution in [3.8, 4) is 0 Å². The normalized spacial score (nSPS) is 12.7. The van der Waals surface area contributed by atoms with Gasteiger partial charge in [0.15, 0.2) is 0 Å². The monoisotopic (exact) mass is 235 g/mol. The van der Waals surface area contributed by atoms with Gasteiger partial charge >= 0.3 is 0 Å². The molecule has 1 heterocycles. The second kappa shape index (κ2) is 6.60. The zero-order valence-corrected chi connectivity index (χ0v) is 11.4. The Labute approximate surface area is 105 Å². The predicted octanol–water partition coefficient (Wildman–Crippen LogP) is 3.17. The van der Waals surface area contributed by atoms with E-state index in [9.17, 15) is 0 Å². The van der Waals surface area contributed by atoms with Crippen LogP contribution >= 0.6 is 0 Å². The van der Waals surface area contributed by atoms with Gasteiger partial charge in [-0.3, -0.25) is 4.68 Å². The van der Waals surface area contributed by atoms with Crippen molar-refractivity contribution in [1.82, 2.24) is 9.78 Å². The Kier molecular flexibility index (Phi) is 5.42. The molecule has 1 atom stereocenters. The van der Waals surface area contributed by atoms with Crippen LogP contribution in [0.3, 0.4) is 0 Å². The molecule has 0 amide bonds. The lowest BCUT2D eigenvalue weighted by Gasteiger charge is -2.12. The molecule has 2 N–H and O–H groups in total. The number of aryl methyl sites for hydroxylation is 2. The molecule has 1 rings (SSSR count). The zero-order valence-electron chi connectivity index (χ0n) is 11.4. The molecule has 1 aromatic rings. The SMILES string of the molecule is C=CCCCCCC(N)c1c(C)nn(C)c1C. The van der Waals surface area contributed by atoms with Gasteiger partial charge in [-0.2, -0.15) is 5.10 Å². The van der Waals surface area contributed by atoms with Gasteiger partial charge in [0.05, 0.1) is 5.69 Å². The highest BCUT2D eigenvalue weighted by Gasteiger charge is 2.15. The molecule has 0 aliphatic heterocycles. The van der Waals surface area contributed by atoms with Gasteiger partial charge < -0.3 is 5.73 Å². The average molecular weight is 235 g/mol. The lowest BCUT2D eigenvalue weighted by atomic mass is 9.99. The van der Waals surface area contributed by atoms with Gasteiger partial charge in [-0.15, -0.1) is 6.58 Å². The molecule has 0 aliphatic carbocycles. The van der Waals surface area contributed by atoms with Crippen LogP contribution in [0.2, 0.25) is 0 Å². The van der Waals surface area contributed by atoms with Crippen LogP contribution in [-0.4, -0.2) is 9.78 Å². The summed E-state index contributed by atoms with van der Waals surface area (Å²) in [6.07, 6.45) is 7.78. The lowest BCUT2D eigenvalue weighted by Crippen LogP contribution is -2.12. The standard InChI is InChI=1S/C14H25N3/c1-5-6-7-8-9-10-13(15)14-11(2)16-17(4)12(14)3/h5,13H,1,6-10,15H2,2-4H3. The molecular weight excluding hydrogens is 210 g/mol. The molecule has 1 unspecified atom stereocenters. The summed E-state index contributed by atoms with van der Waals surface area (Å²) in [4.78, 5) is 0. The largest absolute Gasteiger partial charge is 0.324 e. The van der Waals surface area contributed by atoms with E-state index in [-0.39, 0.29) is 6.04 Å². The zero-order chi connectivity index (χ0) is 12.8. The van der Waals surface area contributed by atoms with Crippen molar-refractivity contribution in [2.45, 2.75) is 52.0 Å². The van der Waals surface area contributed by atoms with Crippen molar-refractivity contribution in [2.75, 3.05) is 0 Å². The van der Waals surface area contributed by atoms with Crippen LogP contribution in [0.4, 0.5) is 0 Å². The Morgan fingerprint density at radius 3 is 2.59 bits per heavy atom. The summed E-state index contributed by atoms with van der Waals surface area (Å²) in [5.74, 6) is 0. The third-order valence-corrected chi connectivity index (χ3v) is 3.36. The summed E-state index contributed by atoms with van der Waals surface area (Å²) in [5, 5.41) is 4.41. The highest BCUT2D eigenvalue weighted by atomic mass is 15.3. The average Bonchev–Trinajstić information content (AvgIpc) is 2.53. The fourth-order valence-electron chi connectivity index (χ4n) is 2.30. The van der Waals surface area contributed by atoms with Gasteiger partial charge in [-0.1, -0.05) is 18.9 Å². The first kappa shape index (κ1) is 14.0. The third kappa shape index (κ3) is 3.70. The van der Waals surface area contributed by atoms with Crippen LogP contribution in [0.15, 0.2) is 12.7 Å². The topological polar surface area (TPSA) is 43.8 Å². The van der Waals surface area contributed by atoms with E-state index in [0.29, 0.717) is 0 Å². The molecule has 0 saturated heterocycles. The predicted molar refractivity (Wildman–Crippen MR) is 72.9 cm³/mol. The van der Waals surface area contributed by atoms with Crippen LogP contribution in [0.25, 0.3) is 0 Å². The maximum atomic E-state index is 6.25. The molecule has 0 bridgehead atoms. The third-order valence-electron chi connectivity index (χ3n) is 3.36. The first-order valence-electron chi connectivity index (χ1n) is 6.44. The fraction of sp³-hybridized carbons (Fsp3) is 0.643. The Morgan fingerprint density at radius 1 is 1.35 bits per heavy atom. The molecular formula is C14H25N3. The molecule has 0 radical (unpaired) electrons. The van der Waals surface area contributed by atoms with Crippen molar-refractivity contribution >= 4 is 0 Å². The highest BCUT2D eigenvalue weighted by molar-refractivity contribution is 5.27. The Hall–Kier alpha value is -1.09. The van der Waals surface area contributed by atoms with Gasteiger partial charge in [0.1, 0.15) is 0 Å². The number of unbranched alkanes of at least 4 members (excludes halogenated alkanes) is 3. The van der Waals surface area contributed by atoms with E-state index in [4.69, 9.17) is 5.73 Å². The van der Waals surface area contributed by atoms with Gasteiger partial charge in [0, 0.05) is 24.3 Å². The Balaban J connectivity index is 2.46. The quantitative estimate of drug-likeness (QED) is 0.582. The van der Waals surface area contributed by atoms with Gasteiger partial charge in [0.2, 0.25) is 0 Å². The van der Waals surface area contributed by atoms with Gasteiger partial charge in [0.25, 0.3) is 0 Å². The smallest absolute Gasteiger partial charge is 0.0644 e. The molecule has 3 nitrogen and oxygen atoms in total. The van der Waals surface area contributed by atoms with E-state index in [2.05, 4.69) is 18.6 Å². The molecule has 0 spiro atoms. The molecule has 17 heavy (non-hydrogen) atoms. The number of nitrogens with two attached hydrogens (primary N) is 1. The van der Waals surface area contributed by atoms with E-state index in [1.165, 1.54) is 30.5 Å². The Bertz CT molecular complexity index is 366. The molecule has 0 aromatic carbocycles. The van der Waals surface area contributed by atoms with Crippen molar-refractivity contribution in [3.05, 3.63) is 29.6 Å². The minimum absolute atomic E-state index is 0.132. The van der Waals surface area contributed by atoms with Crippen molar-refractivity contribution in [3.63, 3.8) is 0 Å². The van der Waals surface area contributed by atoms with Crippen LogP contribution in [0, 0.1) is 13.8 Å². The summed E-state index contributed by atoms with van der Waals surface area (Å²) >= 11 is 0. The van der Waals surface area contributed by atoms with Gasteiger partial charge in [-0.05, 0) is 33.1 Å². The lowest BCUT2D eigenvalue weighted by molar-refractivity contribution is 0.568. The second-order valence-corrected chi connectivity index (χ2v) is 4.74. The fourth-order valence-corrected chi connectivity index (χ4v) is 2.30. The van der Waals surface area contributed by atoms with Crippen molar-refractivity contribution in [1.29, 1.82) is 0 Å². The summed E-state index contributed by atoms with van der Waals surface area (Å²) < 4.78 is 1.92. The number of hydrogen-bond donors (Lipinski definition) is 1. The van der Waals surface area contributed by atoms with Crippen molar-refractivity contribution in [2.24, 2.45) is 12.8 Å². The maximum absolute atomic E-state index is 6.25. The number of aromatic nitrogens is 2. The molecule has 96 valence electrons. The maximum Gasteiger partial charge on any atom is 0.0644 e. The van der Waals surface area contributed by atoms with Crippen LogP contribution in [0.5, 0.6) is 0 Å². The Morgan fingerprint density at radius 2 is 2.06 bits per heavy atom. The van der Waals surface area contributed by atoms with Crippen LogP contribution < -0.4 is 5.73 Å². The summed E-state index contributed by atoms with van der Waals surface area (Å²) in [5.41, 5.74) is 9.75. The van der Waals surface area contributed by atoms with E-state index < -0.39 is 0 Å². The van der Waals surface area contributed by atoms with Gasteiger partial charge in [-0.25, -0.2) is 0 Å². The number of rotatable bonds is 7. The minimum atomic E-state index is 0.132. The molecule has 1 aromatic heterocycles. The van der Waals surface area contributed by atoms with Crippen LogP contribution in [-0.2, 0) is 7.05 Å². The van der Waals surface area contributed by atoms with E-state index >= 15 is 0 Å². The van der Waals surface area contributed by atoms with Crippen molar-refractivity contribution < 1.29 is 0 Å². The summed E-state index contributed by atoms with van der Waals surface area (Å²) in [6.45, 7) is 7.86. The number of hydrogen-bond acceptors (Lipinski definition) is 2. The van der Waals surface area contributed by atoms with E-state index in [0.717, 1.165) is 18.5 Å². The highest BCUT2D eigenvalue weighted by Crippen LogP contribution is 2.23. The first-order valence-corrected chi connectivity index (χ1v) is 6.44. The first-order chi connectivity index (χ1) is 8.07. The second-order valence-electron chi connectivity index (χ2n) is 4.74. The number of allylic oxidation sites excluding steroid dienone is 1. The summed E-state index contributed by atoms with van der Waals surface area (Å²) in [6, 6.07) is 0.132. The summed E-state index contributed by atoms with van der Waals surface area (Å²) in [7, 11) is 1.97. The van der Waals surface area contributed by atoms with Crippen LogP contribution in [0.1, 0.15) is 55.1 Å². The molecule has 0 fully saturated rings. The van der Waals surface area contributed by atoms with E-state index in [1.54, 1.807) is 0 Å². The minimum Gasteiger partial charge on any atom is -0.324 e. The molecule has 3 heteroatoms. The molecule has 0 aliphatic rings. The van der Waals surface area contributed by atoms with E-state index in [1.807, 2.05) is 24.7 Å². The number of nitrogens with zero attached hydrogens (tertiary/aromatic N) is 2.